The monoisotopic (exact) mass is 327 g/mol. The van der Waals surface area contributed by atoms with Gasteiger partial charge in [-0.2, -0.15) is 10.4 Å². The topological polar surface area (TPSA) is 56.0 Å². The Bertz CT molecular complexity index is 723. The van der Waals surface area contributed by atoms with Crippen LogP contribution in [-0.4, -0.2) is 36.4 Å². The van der Waals surface area contributed by atoms with Crippen LogP contribution < -0.4 is 9.80 Å². The lowest BCUT2D eigenvalue weighted by Gasteiger charge is -2.25. The maximum Gasteiger partial charge on any atom is 0.151 e. The molecule has 3 rings (SSSR count). The Balaban J connectivity index is 1.79. The van der Waals surface area contributed by atoms with E-state index in [1.165, 1.54) is 0 Å². The molecule has 23 heavy (non-hydrogen) atoms. The molecule has 1 aromatic carbocycles. The number of anilines is 2. The lowest BCUT2D eigenvalue weighted by atomic mass is 10.1. The SMILES string of the molecule is Cc1ccc(N2CCCN(c3c(Cl)cccc3C#N)CC2)nn1. The van der Waals surface area contributed by atoms with Crippen molar-refractivity contribution in [3.63, 3.8) is 0 Å². The number of halogens is 1. The van der Waals surface area contributed by atoms with Gasteiger partial charge < -0.3 is 9.80 Å². The summed E-state index contributed by atoms with van der Waals surface area (Å²) in [6, 6.07) is 11.7. The first kappa shape index (κ1) is 15.6. The number of hydrogen-bond donors (Lipinski definition) is 0. The van der Waals surface area contributed by atoms with Gasteiger partial charge in [0.2, 0.25) is 0 Å². The van der Waals surface area contributed by atoms with Crippen molar-refractivity contribution in [2.75, 3.05) is 36.0 Å². The zero-order valence-corrected chi connectivity index (χ0v) is 13.8. The van der Waals surface area contributed by atoms with Crippen LogP contribution in [0, 0.1) is 18.3 Å². The molecule has 118 valence electrons. The van der Waals surface area contributed by atoms with Gasteiger partial charge in [-0.05, 0) is 37.6 Å². The maximum absolute atomic E-state index is 9.34. The van der Waals surface area contributed by atoms with Crippen molar-refractivity contribution in [3.8, 4) is 6.07 Å². The average Bonchev–Trinajstić information content (AvgIpc) is 2.81. The van der Waals surface area contributed by atoms with Crippen molar-refractivity contribution in [2.45, 2.75) is 13.3 Å². The number of hydrogen-bond acceptors (Lipinski definition) is 5. The number of nitriles is 1. The van der Waals surface area contributed by atoms with Gasteiger partial charge in [-0.25, -0.2) is 0 Å². The molecule has 0 bridgehead atoms. The second-order valence-corrected chi connectivity index (χ2v) is 6.02. The predicted octanol–water partition coefficient (Wildman–Crippen LogP) is 3.03. The van der Waals surface area contributed by atoms with E-state index in [0.717, 1.165) is 49.8 Å². The van der Waals surface area contributed by atoms with Crippen LogP contribution in [0.2, 0.25) is 5.02 Å². The van der Waals surface area contributed by atoms with Crippen LogP contribution in [-0.2, 0) is 0 Å². The minimum Gasteiger partial charge on any atom is -0.367 e. The molecule has 0 atom stereocenters. The number of benzene rings is 1. The minimum absolute atomic E-state index is 0.626. The van der Waals surface area contributed by atoms with Gasteiger partial charge in [-0.1, -0.05) is 17.7 Å². The quantitative estimate of drug-likeness (QED) is 0.848. The molecule has 0 amide bonds. The molecule has 0 aliphatic carbocycles. The molecule has 2 heterocycles. The van der Waals surface area contributed by atoms with Gasteiger partial charge in [0.15, 0.2) is 5.82 Å². The number of nitrogens with zero attached hydrogens (tertiary/aromatic N) is 5. The summed E-state index contributed by atoms with van der Waals surface area (Å²) in [4.78, 5) is 4.43. The van der Waals surface area contributed by atoms with Crippen molar-refractivity contribution in [1.82, 2.24) is 10.2 Å². The molecule has 0 unspecified atom stereocenters. The van der Waals surface area contributed by atoms with Crippen molar-refractivity contribution < 1.29 is 0 Å². The molecule has 5 nitrogen and oxygen atoms in total. The molecule has 1 fully saturated rings. The van der Waals surface area contributed by atoms with E-state index in [9.17, 15) is 5.26 Å². The van der Waals surface area contributed by atoms with Crippen LogP contribution in [0.3, 0.4) is 0 Å². The number of rotatable bonds is 2. The highest BCUT2D eigenvalue weighted by atomic mass is 35.5. The average molecular weight is 328 g/mol. The Hall–Kier alpha value is -2.32. The fraction of sp³-hybridized carbons (Fsp3) is 0.353. The fourth-order valence-electron chi connectivity index (χ4n) is 2.86. The third kappa shape index (κ3) is 3.38. The van der Waals surface area contributed by atoms with E-state index in [1.54, 1.807) is 0 Å². The summed E-state index contributed by atoms with van der Waals surface area (Å²) in [5.74, 6) is 0.900. The zero-order valence-electron chi connectivity index (χ0n) is 13.0. The third-order valence-electron chi connectivity index (χ3n) is 4.03. The van der Waals surface area contributed by atoms with E-state index in [4.69, 9.17) is 11.6 Å². The van der Waals surface area contributed by atoms with Crippen molar-refractivity contribution in [1.29, 1.82) is 5.26 Å². The Morgan fingerprint density at radius 1 is 1.04 bits per heavy atom. The molecule has 2 aromatic rings. The minimum atomic E-state index is 0.626. The van der Waals surface area contributed by atoms with Crippen LogP contribution in [0.4, 0.5) is 11.5 Å². The summed E-state index contributed by atoms with van der Waals surface area (Å²) in [6.45, 7) is 5.35. The second kappa shape index (κ2) is 6.84. The summed E-state index contributed by atoms with van der Waals surface area (Å²) < 4.78 is 0. The van der Waals surface area contributed by atoms with E-state index in [-0.39, 0.29) is 0 Å². The van der Waals surface area contributed by atoms with E-state index in [1.807, 2.05) is 37.3 Å². The molecule has 1 aliphatic rings. The van der Waals surface area contributed by atoms with Gasteiger partial charge in [0.05, 0.1) is 22.0 Å². The highest BCUT2D eigenvalue weighted by Gasteiger charge is 2.20. The largest absolute Gasteiger partial charge is 0.367 e. The van der Waals surface area contributed by atoms with Gasteiger partial charge in [0.1, 0.15) is 6.07 Å². The molecular weight excluding hydrogens is 310 g/mol. The lowest BCUT2D eigenvalue weighted by Crippen LogP contribution is -2.31. The first-order chi connectivity index (χ1) is 11.2. The highest BCUT2D eigenvalue weighted by molar-refractivity contribution is 6.33. The van der Waals surface area contributed by atoms with E-state index >= 15 is 0 Å². The normalized spacial score (nSPS) is 15.2. The lowest BCUT2D eigenvalue weighted by molar-refractivity contribution is 0.783. The van der Waals surface area contributed by atoms with Gasteiger partial charge in [-0.15, -0.1) is 5.10 Å². The van der Waals surface area contributed by atoms with Gasteiger partial charge in [-0.3, -0.25) is 0 Å². The molecule has 6 heteroatoms. The Morgan fingerprint density at radius 3 is 2.57 bits per heavy atom. The maximum atomic E-state index is 9.34. The molecule has 0 saturated carbocycles. The molecule has 0 radical (unpaired) electrons. The fourth-order valence-corrected chi connectivity index (χ4v) is 3.15. The van der Waals surface area contributed by atoms with E-state index in [2.05, 4.69) is 26.1 Å². The smallest absolute Gasteiger partial charge is 0.151 e. The third-order valence-corrected chi connectivity index (χ3v) is 4.33. The summed E-state index contributed by atoms with van der Waals surface area (Å²) in [5, 5.41) is 18.4. The van der Waals surface area contributed by atoms with Crippen LogP contribution in [0.25, 0.3) is 0 Å². The van der Waals surface area contributed by atoms with Crippen LogP contribution >= 0.6 is 11.6 Å². The Labute approximate surface area is 141 Å². The Morgan fingerprint density at radius 2 is 1.83 bits per heavy atom. The first-order valence-corrected chi connectivity index (χ1v) is 8.05. The van der Waals surface area contributed by atoms with Gasteiger partial charge in [0.25, 0.3) is 0 Å². The molecule has 0 N–H and O–H groups in total. The zero-order chi connectivity index (χ0) is 16.2. The summed E-state index contributed by atoms with van der Waals surface area (Å²) in [7, 11) is 0. The number of aromatic nitrogens is 2. The van der Waals surface area contributed by atoms with E-state index in [0.29, 0.717) is 10.6 Å². The van der Waals surface area contributed by atoms with Crippen molar-refractivity contribution in [3.05, 3.63) is 46.6 Å². The standard InChI is InChI=1S/C17H18ClN5/c1-13-6-7-16(21-20-13)22-8-3-9-23(11-10-22)17-14(12-19)4-2-5-15(17)18/h2,4-7H,3,8-11H2,1H3. The predicted molar refractivity (Wildman–Crippen MR) is 92.0 cm³/mol. The number of para-hydroxylation sites is 1. The summed E-state index contributed by atoms with van der Waals surface area (Å²) >= 11 is 6.34. The number of aryl methyl sites for hydroxylation is 1. The van der Waals surface area contributed by atoms with Crippen LogP contribution in [0.15, 0.2) is 30.3 Å². The molecular formula is C17H18ClN5. The molecule has 1 saturated heterocycles. The van der Waals surface area contributed by atoms with Crippen LogP contribution in [0.1, 0.15) is 17.7 Å². The van der Waals surface area contributed by atoms with E-state index < -0.39 is 0 Å². The van der Waals surface area contributed by atoms with Gasteiger partial charge in [0, 0.05) is 26.2 Å². The molecule has 0 spiro atoms. The Kier molecular flexibility index (Phi) is 4.63. The summed E-state index contributed by atoms with van der Waals surface area (Å²) in [5.41, 5.74) is 2.38. The van der Waals surface area contributed by atoms with Crippen molar-refractivity contribution in [2.24, 2.45) is 0 Å². The summed E-state index contributed by atoms with van der Waals surface area (Å²) in [6.07, 6.45) is 0.978. The highest BCUT2D eigenvalue weighted by Crippen LogP contribution is 2.30. The van der Waals surface area contributed by atoms with Gasteiger partial charge >= 0.3 is 0 Å². The van der Waals surface area contributed by atoms with Crippen LogP contribution in [0.5, 0.6) is 0 Å². The molecule has 1 aromatic heterocycles. The second-order valence-electron chi connectivity index (χ2n) is 5.61. The first-order valence-electron chi connectivity index (χ1n) is 7.68. The molecule has 1 aliphatic heterocycles. The van der Waals surface area contributed by atoms with Crippen molar-refractivity contribution >= 4 is 23.1 Å².